The Kier molecular flexibility index (Phi) is 5.72. The Morgan fingerprint density at radius 2 is 2.00 bits per heavy atom. The minimum atomic E-state index is -0.215. The molecule has 3 heteroatoms. The SMILES string of the molecule is C=CC1CCC(O)C(C2CC(c3ccc(F)cc3)[C@H](CCC)N2)C1. The molecular formula is C21H30FNO. The molecular weight excluding hydrogens is 301 g/mol. The lowest BCUT2D eigenvalue weighted by atomic mass is 9.74. The first-order chi connectivity index (χ1) is 11.6. The molecule has 24 heavy (non-hydrogen) atoms. The summed E-state index contributed by atoms with van der Waals surface area (Å²) < 4.78 is 13.3. The summed E-state index contributed by atoms with van der Waals surface area (Å²) in [5.74, 6) is 1.05. The minimum absolute atomic E-state index is 0.176. The van der Waals surface area contributed by atoms with Crippen LogP contribution in [0.4, 0.5) is 4.39 Å². The largest absolute Gasteiger partial charge is 0.393 e. The van der Waals surface area contributed by atoms with Crippen molar-refractivity contribution >= 4 is 0 Å². The Morgan fingerprint density at radius 1 is 1.25 bits per heavy atom. The summed E-state index contributed by atoms with van der Waals surface area (Å²) in [5.41, 5.74) is 1.22. The van der Waals surface area contributed by atoms with Crippen LogP contribution in [0.2, 0.25) is 0 Å². The third-order valence-corrected chi connectivity index (χ3v) is 6.07. The Hall–Kier alpha value is -1.19. The summed E-state index contributed by atoms with van der Waals surface area (Å²) in [5, 5.41) is 14.3. The fraction of sp³-hybridized carbons (Fsp3) is 0.619. The molecule has 1 saturated heterocycles. The zero-order chi connectivity index (χ0) is 17.1. The minimum Gasteiger partial charge on any atom is -0.393 e. The van der Waals surface area contributed by atoms with E-state index in [0.29, 0.717) is 29.8 Å². The third-order valence-electron chi connectivity index (χ3n) is 6.07. The van der Waals surface area contributed by atoms with Crippen LogP contribution in [-0.2, 0) is 0 Å². The monoisotopic (exact) mass is 331 g/mol. The van der Waals surface area contributed by atoms with Crippen LogP contribution in [0.15, 0.2) is 36.9 Å². The van der Waals surface area contributed by atoms with Crippen LogP contribution in [0.5, 0.6) is 0 Å². The molecule has 1 aromatic rings. The number of allylic oxidation sites excluding steroid dienone is 1. The number of halogens is 1. The zero-order valence-electron chi connectivity index (χ0n) is 14.6. The quantitative estimate of drug-likeness (QED) is 0.784. The number of benzene rings is 1. The maximum atomic E-state index is 13.3. The predicted octanol–water partition coefficient (Wildman–Crippen LogP) is 4.40. The van der Waals surface area contributed by atoms with Gasteiger partial charge in [-0.2, -0.15) is 0 Å². The smallest absolute Gasteiger partial charge is 0.123 e. The van der Waals surface area contributed by atoms with Crippen LogP contribution in [-0.4, -0.2) is 23.3 Å². The molecule has 132 valence electrons. The van der Waals surface area contributed by atoms with Gasteiger partial charge in [0.1, 0.15) is 5.82 Å². The first-order valence-electron chi connectivity index (χ1n) is 9.44. The molecule has 0 spiro atoms. The molecule has 2 fully saturated rings. The van der Waals surface area contributed by atoms with E-state index < -0.39 is 0 Å². The normalized spacial score (nSPS) is 36.6. The summed E-state index contributed by atoms with van der Waals surface area (Å²) >= 11 is 0. The van der Waals surface area contributed by atoms with Crippen LogP contribution >= 0.6 is 0 Å². The van der Waals surface area contributed by atoms with Gasteiger partial charge in [-0.3, -0.25) is 0 Å². The van der Waals surface area contributed by atoms with Gasteiger partial charge in [-0.15, -0.1) is 6.58 Å². The Bertz CT molecular complexity index is 543. The molecule has 2 aliphatic rings. The highest BCUT2D eigenvalue weighted by atomic mass is 19.1. The summed E-state index contributed by atoms with van der Waals surface area (Å²) in [6.07, 6.45) is 8.06. The second kappa shape index (κ2) is 7.79. The van der Waals surface area contributed by atoms with E-state index in [1.54, 1.807) is 12.1 Å². The zero-order valence-corrected chi connectivity index (χ0v) is 14.6. The lowest BCUT2D eigenvalue weighted by Gasteiger charge is -2.36. The van der Waals surface area contributed by atoms with E-state index in [2.05, 4.69) is 24.9 Å². The number of hydrogen-bond acceptors (Lipinski definition) is 2. The van der Waals surface area contributed by atoms with Crippen LogP contribution in [0.25, 0.3) is 0 Å². The molecule has 5 unspecified atom stereocenters. The lowest BCUT2D eigenvalue weighted by molar-refractivity contribution is 0.0386. The van der Waals surface area contributed by atoms with Crippen LogP contribution in [0.3, 0.4) is 0 Å². The number of nitrogens with one attached hydrogen (secondary N) is 1. The van der Waals surface area contributed by atoms with Gasteiger partial charge in [-0.1, -0.05) is 31.6 Å². The van der Waals surface area contributed by atoms with E-state index in [9.17, 15) is 9.50 Å². The summed E-state index contributed by atoms with van der Waals surface area (Å²) in [7, 11) is 0. The van der Waals surface area contributed by atoms with Crippen molar-refractivity contribution in [2.24, 2.45) is 11.8 Å². The molecule has 0 amide bonds. The van der Waals surface area contributed by atoms with E-state index in [4.69, 9.17) is 0 Å². The molecule has 1 heterocycles. The second-order valence-corrected chi connectivity index (χ2v) is 7.60. The Labute approximate surface area is 145 Å². The highest BCUT2D eigenvalue weighted by molar-refractivity contribution is 5.24. The molecule has 1 aliphatic heterocycles. The number of aliphatic hydroxyl groups excluding tert-OH is 1. The average Bonchev–Trinajstić information content (AvgIpc) is 3.00. The first kappa shape index (κ1) is 17.6. The van der Waals surface area contributed by atoms with E-state index in [-0.39, 0.29) is 11.9 Å². The van der Waals surface area contributed by atoms with Crippen molar-refractivity contribution in [3.8, 4) is 0 Å². The van der Waals surface area contributed by atoms with Crippen molar-refractivity contribution in [2.75, 3.05) is 0 Å². The fourth-order valence-electron chi connectivity index (χ4n) is 4.74. The van der Waals surface area contributed by atoms with Gasteiger partial charge < -0.3 is 10.4 Å². The Morgan fingerprint density at radius 3 is 2.67 bits per heavy atom. The van der Waals surface area contributed by atoms with Crippen molar-refractivity contribution in [2.45, 2.75) is 69.6 Å². The second-order valence-electron chi connectivity index (χ2n) is 7.60. The molecule has 1 saturated carbocycles. The van der Waals surface area contributed by atoms with Gasteiger partial charge in [-0.05, 0) is 55.7 Å². The lowest BCUT2D eigenvalue weighted by Crippen LogP contribution is -2.43. The first-order valence-corrected chi connectivity index (χ1v) is 9.44. The molecule has 0 bridgehead atoms. The highest BCUT2D eigenvalue weighted by Crippen LogP contribution is 2.41. The molecule has 3 rings (SSSR count). The van der Waals surface area contributed by atoms with Crippen molar-refractivity contribution in [3.63, 3.8) is 0 Å². The molecule has 2 nitrogen and oxygen atoms in total. The maximum absolute atomic E-state index is 13.3. The molecule has 0 radical (unpaired) electrons. The van der Waals surface area contributed by atoms with Crippen LogP contribution < -0.4 is 5.32 Å². The van der Waals surface area contributed by atoms with Gasteiger partial charge >= 0.3 is 0 Å². The Balaban J connectivity index is 1.76. The standard InChI is InChI=1S/C21H30FNO/c1-3-5-19-17(15-7-9-16(22)10-8-15)13-20(23-19)18-12-14(4-2)6-11-21(18)24/h4,7-10,14,17-21,23-24H,2-3,5-6,11-13H2,1H3/t14?,17?,18?,19-,20?,21?/m0/s1. The molecule has 1 aromatic carbocycles. The van der Waals surface area contributed by atoms with E-state index in [1.807, 2.05) is 12.1 Å². The maximum Gasteiger partial charge on any atom is 0.123 e. The van der Waals surface area contributed by atoms with E-state index in [1.165, 1.54) is 5.56 Å². The number of hydrogen-bond donors (Lipinski definition) is 2. The van der Waals surface area contributed by atoms with Crippen molar-refractivity contribution < 1.29 is 9.50 Å². The van der Waals surface area contributed by atoms with E-state index >= 15 is 0 Å². The van der Waals surface area contributed by atoms with Gasteiger partial charge in [0.05, 0.1) is 6.10 Å². The van der Waals surface area contributed by atoms with Gasteiger partial charge in [0, 0.05) is 23.9 Å². The number of rotatable bonds is 5. The molecule has 6 atom stereocenters. The summed E-state index contributed by atoms with van der Waals surface area (Å²) in [4.78, 5) is 0. The molecule has 1 aliphatic carbocycles. The number of aliphatic hydroxyl groups is 1. The van der Waals surface area contributed by atoms with Crippen molar-refractivity contribution in [1.29, 1.82) is 0 Å². The van der Waals surface area contributed by atoms with E-state index in [0.717, 1.165) is 38.5 Å². The van der Waals surface area contributed by atoms with Crippen molar-refractivity contribution in [3.05, 3.63) is 48.3 Å². The highest BCUT2D eigenvalue weighted by Gasteiger charge is 2.41. The topological polar surface area (TPSA) is 32.3 Å². The van der Waals surface area contributed by atoms with Gasteiger partial charge in [0.15, 0.2) is 0 Å². The predicted molar refractivity (Wildman–Crippen MR) is 96.4 cm³/mol. The molecule has 0 aromatic heterocycles. The summed E-state index contributed by atoms with van der Waals surface area (Å²) in [6, 6.07) is 7.74. The van der Waals surface area contributed by atoms with Crippen LogP contribution in [0, 0.1) is 17.7 Å². The van der Waals surface area contributed by atoms with Gasteiger partial charge in [0.25, 0.3) is 0 Å². The average molecular weight is 331 g/mol. The fourth-order valence-corrected chi connectivity index (χ4v) is 4.74. The van der Waals surface area contributed by atoms with Gasteiger partial charge in [0.2, 0.25) is 0 Å². The van der Waals surface area contributed by atoms with Crippen molar-refractivity contribution in [1.82, 2.24) is 5.32 Å². The third kappa shape index (κ3) is 3.73. The van der Waals surface area contributed by atoms with Gasteiger partial charge in [-0.25, -0.2) is 4.39 Å². The van der Waals surface area contributed by atoms with Crippen LogP contribution in [0.1, 0.15) is 56.9 Å². The summed E-state index contributed by atoms with van der Waals surface area (Å²) in [6.45, 7) is 6.16. The molecule has 2 N–H and O–H groups in total.